The molecule has 2 N–H and O–H groups in total. The van der Waals surface area contributed by atoms with Crippen molar-refractivity contribution in [2.45, 2.75) is 32.0 Å². The molecule has 48 valence electrons. The molecule has 1 aliphatic carbocycles. The predicted octanol–water partition coefficient (Wildman–Crippen LogP) is 0.138. The highest BCUT2D eigenvalue weighted by Gasteiger charge is 2.32. The highest BCUT2D eigenvalue weighted by molar-refractivity contribution is 4.83. The molecule has 0 heterocycles. The van der Waals surface area contributed by atoms with Crippen molar-refractivity contribution in [2.75, 3.05) is 0 Å². The Morgan fingerprint density at radius 3 is 2.00 bits per heavy atom. The maximum atomic E-state index is 9.02. The molecule has 2 atom stereocenters. The number of hydrogen-bond donors (Lipinski definition) is 2. The average Bonchev–Trinajstić information content (AvgIpc) is 2.43. The molecule has 0 radical (unpaired) electrons. The van der Waals surface area contributed by atoms with Crippen molar-refractivity contribution < 1.29 is 10.2 Å². The molecule has 0 bridgehead atoms. The van der Waals surface area contributed by atoms with Gasteiger partial charge in [-0.2, -0.15) is 0 Å². The molecule has 0 aliphatic heterocycles. The van der Waals surface area contributed by atoms with Crippen LogP contribution in [0.3, 0.4) is 0 Å². The average molecular weight is 116 g/mol. The SMILES string of the molecule is CC(O)C(O)C1CC1. The molecule has 1 aliphatic rings. The van der Waals surface area contributed by atoms with Crippen LogP contribution in [0.5, 0.6) is 0 Å². The van der Waals surface area contributed by atoms with E-state index in [1.807, 2.05) is 0 Å². The molecule has 2 unspecified atom stereocenters. The summed E-state index contributed by atoms with van der Waals surface area (Å²) in [5.74, 6) is 0.398. The minimum atomic E-state index is -0.539. The van der Waals surface area contributed by atoms with Gasteiger partial charge in [0, 0.05) is 0 Å². The van der Waals surface area contributed by atoms with Gasteiger partial charge in [0.1, 0.15) is 0 Å². The maximum absolute atomic E-state index is 9.02. The molecular formula is C6H12O2. The van der Waals surface area contributed by atoms with Gasteiger partial charge in [-0.25, -0.2) is 0 Å². The minimum absolute atomic E-state index is 0.398. The van der Waals surface area contributed by atoms with Gasteiger partial charge in [-0.15, -0.1) is 0 Å². The Morgan fingerprint density at radius 1 is 1.38 bits per heavy atom. The molecule has 2 heteroatoms. The summed E-state index contributed by atoms with van der Waals surface area (Å²) in [5, 5.41) is 17.8. The monoisotopic (exact) mass is 116 g/mol. The summed E-state index contributed by atoms with van der Waals surface area (Å²) in [6.07, 6.45) is 1.18. The van der Waals surface area contributed by atoms with Crippen molar-refractivity contribution in [3.8, 4) is 0 Å². The van der Waals surface area contributed by atoms with E-state index in [0.717, 1.165) is 12.8 Å². The Morgan fingerprint density at radius 2 is 1.88 bits per heavy atom. The van der Waals surface area contributed by atoms with Gasteiger partial charge >= 0.3 is 0 Å². The Hall–Kier alpha value is -0.0800. The Balaban J connectivity index is 2.22. The summed E-state index contributed by atoms with van der Waals surface area (Å²) in [7, 11) is 0. The Bertz CT molecular complexity index is 74.6. The second-order valence-corrected chi connectivity index (χ2v) is 2.57. The summed E-state index contributed by atoms with van der Waals surface area (Å²) in [4.78, 5) is 0. The summed E-state index contributed by atoms with van der Waals surface area (Å²) >= 11 is 0. The van der Waals surface area contributed by atoms with Crippen LogP contribution in [0.2, 0.25) is 0 Å². The van der Waals surface area contributed by atoms with Gasteiger partial charge in [-0.05, 0) is 25.7 Å². The lowest BCUT2D eigenvalue weighted by Crippen LogP contribution is -2.24. The van der Waals surface area contributed by atoms with Crippen LogP contribution in [0.15, 0.2) is 0 Å². The first-order valence-electron chi connectivity index (χ1n) is 3.08. The van der Waals surface area contributed by atoms with E-state index >= 15 is 0 Å². The van der Waals surface area contributed by atoms with Gasteiger partial charge in [0.15, 0.2) is 0 Å². The van der Waals surface area contributed by atoms with E-state index in [2.05, 4.69) is 0 Å². The third kappa shape index (κ3) is 1.20. The molecule has 0 aromatic carbocycles. The minimum Gasteiger partial charge on any atom is -0.391 e. The van der Waals surface area contributed by atoms with Crippen LogP contribution in [-0.2, 0) is 0 Å². The lowest BCUT2D eigenvalue weighted by Gasteiger charge is -2.10. The van der Waals surface area contributed by atoms with Gasteiger partial charge in [0.25, 0.3) is 0 Å². The van der Waals surface area contributed by atoms with E-state index in [1.54, 1.807) is 6.92 Å². The zero-order valence-electron chi connectivity index (χ0n) is 5.04. The summed E-state index contributed by atoms with van der Waals surface area (Å²) in [5.41, 5.74) is 0. The predicted molar refractivity (Wildman–Crippen MR) is 30.4 cm³/mol. The third-order valence-corrected chi connectivity index (χ3v) is 1.60. The van der Waals surface area contributed by atoms with Crippen LogP contribution >= 0.6 is 0 Å². The number of rotatable bonds is 2. The fourth-order valence-electron chi connectivity index (χ4n) is 0.832. The lowest BCUT2D eigenvalue weighted by molar-refractivity contribution is 0.0175. The van der Waals surface area contributed by atoms with Gasteiger partial charge in [-0.3, -0.25) is 0 Å². The van der Waals surface area contributed by atoms with E-state index in [1.165, 1.54) is 0 Å². The van der Waals surface area contributed by atoms with Gasteiger partial charge < -0.3 is 10.2 Å². The van der Waals surface area contributed by atoms with Crippen LogP contribution in [0, 0.1) is 5.92 Å². The lowest BCUT2D eigenvalue weighted by atomic mass is 10.1. The molecule has 1 saturated carbocycles. The van der Waals surface area contributed by atoms with Crippen LogP contribution in [-0.4, -0.2) is 22.4 Å². The van der Waals surface area contributed by atoms with E-state index in [-0.39, 0.29) is 0 Å². The molecule has 0 spiro atoms. The second kappa shape index (κ2) is 2.03. The standard InChI is InChI=1S/C6H12O2/c1-4(7)6(8)5-2-3-5/h4-8H,2-3H2,1H3. The van der Waals surface area contributed by atoms with Crippen molar-refractivity contribution in [3.05, 3.63) is 0 Å². The number of aliphatic hydroxyl groups is 2. The molecule has 0 aromatic heterocycles. The summed E-state index contributed by atoms with van der Waals surface area (Å²) in [6, 6.07) is 0. The quantitative estimate of drug-likeness (QED) is 0.538. The topological polar surface area (TPSA) is 40.5 Å². The summed E-state index contributed by atoms with van der Waals surface area (Å²) < 4.78 is 0. The van der Waals surface area contributed by atoms with Crippen LogP contribution < -0.4 is 0 Å². The third-order valence-electron chi connectivity index (χ3n) is 1.60. The smallest absolute Gasteiger partial charge is 0.0824 e. The van der Waals surface area contributed by atoms with Gasteiger partial charge in [-0.1, -0.05) is 0 Å². The van der Waals surface area contributed by atoms with Gasteiger partial charge in [0.2, 0.25) is 0 Å². The van der Waals surface area contributed by atoms with E-state index in [0.29, 0.717) is 5.92 Å². The zero-order valence-corrected chi connectivity index (χ0v) is 5.04. The molecule has 0 aromatic rings. The second-order valence-electron chi connectivity index (χ2n) is 2.57. The molecular weight excluding hydrogens is 104 g/mol. The first-order valence-corrected chi connectivity index (χ1v) is 3.08. The van der Waals surface area contributed by atoms with E-state index < -0.39 is 12.2 Å². The van der Waals surface area contributed by atoms with Crippen molar-refractivity contribution in [2.24, 2.45) is 5.92 Å². The van der Waals surface area contributed by atoms with Crippen LogP contribution in [0.4, 0.5) is 0 Å². The van der Waals surface area contributed by atoms with Gasteiger partial charge in [0.05, 0.1) is 12.2 Å². The number of aliphatic hydroxyl groups excluding tert-OH is 2. The molecule has 8 heavy (non-hydrogen) atoms. The van der Waals surface area contributed by atoms with Crippen LogP contribution in [0.1, 0.15) is 19.8 Å². The maximum Gasteiger partial charge on any atom is 0.0824 e. The van der Waals surface area contributed by atoms with E-state index in [4.69, 9.17) is 10.2 Å². The Kier molecular flexibility index (Phi) is 1.54. The van der Waals surface area contributed by atoms with Crippen molar-refractivity contribution in [3.63, 3.8) is 0 Å². The molecule has 2 nitrogen and oxygen atoms in total. The molecule has 1 rings (SSSR count). The van der Waals surface area contributed by atoms with Crippen LogP contribution in [0.25, 0.3) is 0 Å². The largest absolute Gasteiger partial charge is 0.391 e. The molecule has 0 saturated heterocycles. The summed E-state index contributed by atoms with van der Waals surface area (Å²) in [6.45, 7) is 1.63. The first-order chi connectivity index (χ1) is 3.72. The first kappa shape index (κ1) is 6.05. The van der Waals surface area contributed by atoms with Crippen molar-refractivity contribution in [1.29, 1.82) is 0 Å². The zero-order chi connectivity index (χ0) is 6.15. The van der Waals surface area contributed by atoms with E-state index in [9.17, 15) is 0 Å². The Labute approximate surface area is 49.1 Å². The normalized spacial score (nSPS) is 27.4. The van der Waals surface area contributed by atoms with Crippen molar-refractivity contribution in [1.82, 2.24) is 0 Å². The fourth-order valence-corrected chi connectivity index (χ4v) is 0.832. The highest BCUT2D eigenvalue weighted by atomic mass is 16.3. The van der Waals surface area contributed by atoms with Crippen molar-refractivity contribution >= 4 is 0 Å². The highest BCUT2D eigenvalue weighted by Crippen LogP contribution is 2.33. The number of hydrogen-bond acceptors (Lipinski definition) is 2. The fraction of sp³-hybridized carbons (Fsp3) is 1.00. The molecule has 0 amide bonds. The molecule has 1 fully saturated rings.